The van der Waals surface area contributed by atoms with Gasteiger partial charge in [-0.3, -0.25) is 9.69 Å². The first-order chi connectivity index (χ1) is 12.4. The number of hydrogen-bond acceptors (Lipinski definition) is 5. The van der Waals surface area contributed by atoms with Gasteiger partial charge in [-0.25, -0.2) is 4.39 Å². The number of aromatic nitrogens is 2. The fourth-order valence-electron chi connectivity index (χ4n) is 3.36. The van der Waals surface area contributed by atoms with Crippen molar-refractivity contribution in [2.45, 2.75) is 39.3 Å². The van der Waals surface area contributed by atoms with Crippen molar-refractivity contribution in [3.05, 3.63) is 45.8 Å². The Balaban J connectivity index is 1.58. The number of nitrogens with zero attached hydrogens (tertiary/aromatic N) is 4. The lowest BCUT2D eigenvalue weighted by Crippen LogP contribution is -2.42. The number of benzene rings is 1. The van der Waals surface area contributed by atoms with Crippen LogP contribution in [0.1, 0.15) is 30.6 Å². The Hall–Kier alpha value is -1.80. The Kier molecular flexibility index (Phi) is 6.03. The molecule has 1 aromatic carbocycles. The quantitative estimate of drug-likeness (QED) is 0.713. The van der Waals surface area contributed by atoms with E-state index in [0.29, 0.717) is 36.8 Å². The van der Waals surface area contributed by atoms with Crippen molar-refractivity contribution in [3.8, 4) is 0 Å². The summed E-state index contributed by atoms with van der Waals surface area (Å²) in [6.07, 6.45) is 1.44. The Labute approximate surface area is 160 Å². The summed E-state index contributed by atoms with van der Waals surface area (Å²) in [4.78, 5) is 20.3. The highest BCUT2D eigenvalue weighted by Crippen LogP contribution is 2.21. The average molecular weight is 425 g/mol. The minimum absolute atomic E-state index is 0.0342. The zero-order chi connectivity index (χ0) is 18.7. The number of carbonyl (C=O) groups is 1. The van der Waals surface area contributed by atoms with E-state index in [9.17, 15) is 9.18 Å². The highest BCUT2D eigenvalue weighted by molar-refractivity contribution is 9.10. The molecule has 3 rings (SSSR count). The van der Waals surface area contributed by atoms with Crippen LogP contribution in [0.3, 0.4) is 0 Å². The Morgan fingerprint density at radius 2 is 2.31 bits per heavy atom. The molecule has 1 aromatic heterocycles. The molecule has 1 saturated heterocycles. The lowest BCUT2D eigenvalue weighted by atomic mass is 10.2. The summed E-state index contributed by atoms with van der Waals surface area (Å²) in [6.45, 7) is 6.00. The maximum atomic E-state index is 14.1. The summed E-state index contributed by atoms with van der Waals surface area (Å²) >= 11 is 3.28. The highest BCUT2D eigenvalue weighted by atomic mass is 79.9. The first-order valence-corrected chi connectivity index (χ1v) is 9.44. The summed E-state index contributed by atoms with van der Waals surface area (Å²) in [6, 6.07) is 5.26. The molecule has 1 unspecified atom stereocenters. The van der Waals surface area contributed by atoms with Crippen LogP contribution >= 0.6 is 15.9 Å². The molecule has 0 bridgehead atoms. The minimum Gasteiger partial charge on any atom is -0.340 e. The summed E-state index contributed by atoms with van der Waals surface area (Å²) in [5, 5.41) is 3.88. The largest absolute Gasteiger partial charge is 0.340 e. The first kappa shape index (κ1) is 19.0. The molecule has 1 aliphatic heterocycles. The minimum atomic E-state index is -0.210. The smallest absolute Gasteiger partial charge is 0.223 e. The van der Waals surface area contributed by atoms with E-state index in [-0.39, 0.29) is 17.8 Å². The Morgan fingerprint density at radius 1 is 1.50 bits per heavy atom. The molecular formula is C18H22BrFN4O2. The lowest BCUT2D eigenvalue weighted by Gasteiger charge is -2.28. The van der Waals surface area contributed by atoms with Crippen LogP contribution in [-0.2, 0) is 17.8 Å². The number of hydrogen-bond donors (Lipinski definition) is 0. The molecule has 1 aliphatic rings. The third-order valence-corrected chi connectivity index (χ3v) is 5.14. The zero-order valence-corrected chi connectivity index (χ0v) is 16.5. The average Bonchev–Trinajstić information content (AvgIpc) is 3.19. The van der Waals surface area contributed by atoms with Crippen LogP contribution in [0.2, 0.25) is 0 Å². The van der Waals surface area contributed by atoms with Crippen LogP contribution in [0.25, 0.3) is 0 Å². The van der Waals surface area contributed by atoms with Gasteiger partial charge < -0.3 is 9.42 Å². The van der Waals surface area contributed by atoms with Crippen molar-refractivity contribution >= 4 is 21.8 Å². The molecule has 0 N–H and O–H groups in total. The highest BCUT2D eigenvalue weighted by Gasteiger charge is 2.29. The lowest BCUT2D eigenvalue weighted by molar-refractivity contribution is -0.130. The van der Waals surface area contributed by atoms with Crippen LogP contribution in [0.4, 0.5) is 4.39 Å². The van der Waals surface area contributed by atoms with Crippen molar-refractivity contribution in [2.75, 3.05) is 19.6 Å². The van der Waals surface area contributed by atoms with E-state index in [2.05, 4.69) is 31.0 Å². The standard InChI is InChI=1S/C18H22BrFN4O2/c1-12-21-18(22-26-12)6-8-24(13(2)25)16-5-7-23(11-16)10-14-3-4-15(19)9-17(14)20/h3-4,9,16H,5-8,10-11H2,1-2H3. The summed E-state index contributed by atoms with van der Waals surface area (Å²) in [5.74, 6) is 0.962. The van der Waals surface area contributed by atoms with Crippen molar-refractivity contribution in [3.63, 3.8) is 0 Å². The second-order valence-electron chi connectivity index (χ2n) is 6.61. The normalized spacial score (nSPS) is 17.6. The molecular weight excluding hydrogens is 403 g/mol. The molecule has 0 spiro atoms. The number of halogens is 2. The molecule has 1 fully saturated rings. The molecule has 1 amide bonds. The topological polar surface area (TPSA) is 62.5 Å². The number of rotatable bonds is 6. The van der Waals surface area contributed by atoms with Gasteiger partial charge in [0.25, 0.3) is 0 Å². The molecule has 2 aromatic rings. The summed E-state index contributed by atoms with van der Waals surface area (Å²) in [7, 11) is 0. The molecule has 0 saturated carbocycles. The van der Waals surface area contributed by atoms with E-state index in [1.54, 1.807) is 19.9 Å². The van der Waals surface area contributed by atoms with Crippen LogP contribution < -0.4 is 0 Å². The van der Waals surface area contributed by atoms with Gasteiger partial charge in [0, 0.05) is 62.5 Å². The van der Waals surface area contributed by atoms with E-state index in [4.69, 9.17) is 4.52 Å². The number of carbonyl (C=O) groups excluding carboxylic acids is 1. The van der Waals surface area contributed by atoms with Crippen LogP contribution in [0, 0.1) is 12.7 Å². The summed E-state index contributed by atoms with van der Waals surface area (Å²) in [5.41, 5.74) is 0.672. The molecule has 8 heteroatoms. The molecule has 2 heterocycles. The second kappa shape index (κ2) is 8.26. The Morgan fingerprint density at radius 3 is 2.96 bits per heavy atom. The van der Waals surface area contributed by atoms with Gasteiger partial charge >= 0.3 is 0 Å². The number of aryl methyl sites for hydroxylation is 1. The third-order valence-electron chi connectivity index (χ3n) is 4.65. The maximum Gasteiger partial charge on any atom is 0.223 e. The van der Waals surface area contributed by atoms with Gasteiger partial charge in [0.2, 0.25) is 11.8 Å². The van der Waals surface area contributed by atoms with Crippen molar-refractivity contribution in [1.82, 2.24) is 19.9 Å². The van der Waals surface area contributed by atoms with Crippen LogP contribution in [0.5, 0.6) is 0 Å². The molecule has 6 nitrogen and oxygen atoms in total. The fraction of sp³-hybridized carbons (Fsp3) is 0.500. The first-order valence-electron chi connectivity index (χ1n) is 8.65. The Bertz CT molecular complexity index is 782. The van der Waals surface area contributed by atoms with Gasteiger partial charge in [0.05, 0.1) is 0 Å². The fourth-order valence-corrected chi connectivity index (χ4v) is 3.69. The van der Waals surface area contributed by atoms with E-state index >= 15 is 0 Å². The van der Waals surface area contributed by atoms with E-state index in [1.165, 1.54) is 6.07 Å². The zero-order valence-electron chi connectivity index (χ0n) is 14.9. The van der Waals surface area contributed by atoms with Crippen LogP contribution in [0.15, 0.2) is 27.2 Å². The van der Waals surface area contributed by atoms with Crippen LogP contribution in [-0.4, -0.2) is 51.5 Å². The van der Waals surface area contributed by atoms with Gasteiger partial charge in [0.15, 0.2) is 5.82 Å². The van der Waals surface area contributed by atoms with E-state index in [0.717, 1.165) is 24.0 Å². The predicted molar refractivity (Wildman–Crippen MR) is 97.9 cm³/mol. The second-order valence-corrected chi connectivity index (χ2v) is 7.52. The molecule has 140 valence electrons. The molecule has 0 radical (unpaired) electrons. The third kappa shape index (κ3) is 4.67. The predicted octanol–water partition coefficient (Wildman–Crippen LogP) is 2.95. The van der Waals surface area contributed by atoms with Crippen molar-refractivity contribution in [1.29, 1.82) is 0 Å². The van der Waals surface area contributed by atoms with Crippen molar-refractivity contribution in [2.24, 2.45) is 0 Å². The maximum absolute atomic E-state index is 14.1. The van der Waals surface area contributed by atoms with Gasteiger partial charge in [-0.1, -0.05) is 27.2 Å². The summed E-state index contributed by atoms with van der Waals surface area (Å²) < 4.78 is 19.8. The SMILES string of the molecule is CC(=O)N(CCc1noc(C)n1)C1CCN(Cc2ccc(Br)cc2F)C1. The number of amides is 1. The molecule has 1 atom stereocenters. The van der Waals surface area contributed by atoms with E-state index < -0.39 is 0 Å². The monoisotopic (exact) mass is 424 g/mol. The molecule has 0 aliphatic carbocycles. The van der Waals surface area contributed by atoms with Gasteiger partial charge in [0.1, 0.15) is 5.82 Å². The van der Waals surface area contributed by atoms with Gasteiger partial charge in [-0.15, -0.1) is 0 Å². The molecule has 26 heavy (non-hydrogen) atoms. The van der Waals surface area contributed by atoms with Gasteiger partial charge in [-0.2, -0.15) is 4.98 Å². The van der Waals surface area contributed by atoms with Crippen molar-refractivity contribution < 1.29 is 13.7 Å². The van der Waals surface area contributed by atoms with E-state index in [1.807, 2.05) is 11.0 Å². The van der Waals surface area contributed by atoms with Gasteiger partial charge in [-0.05, 0) is 18.6 Å². The number of likely N-dealkylation sites (tertiary alicyclic amines) is 1.